The van der Waals surface area contributed by atoms with Crippen molar-refractivity contribution in [1.29, 1.82) is 0 Å². The first-order valence-electron chi connectivity index (χ1n) is 10.3. The second-order valence-electron chi connectivity index (χ2n) is 7.55. The van der Waals surface area contributed by atoms with Crippen molar-refractivity contribution < 1.29 is 9.67 Å². The van der Waals surface area contributed by atoms with Crippen molar-refractivity contribution in [3.63, 3.8) is 0 Å². The Bertz CT molecular complexity index is 1330. The lowest BCUT2D eigenvalue weighted by atomic mass is 10.00. The topological polar surface area (TPSA) is 59.0 Å². The average Bonchev–Trinajstić information content (AvgIpc) is 3.41. The number of nitrogens with zero attached hydrogens (tertiary/aromatic N) is 3. The van der Waals surface area contributed by atoms with Crippen LogP contribution < -0.4 is 10.1 Å². The number of halogens is 1. The van der Waals surface area contributed by atoms with Crippen LogP contribution in [0.5, 0.6) is 5.88 Å². The maximum Gasteiger partial charge on any atom is 0.349 e. The lowest BCUT2D eigenvalue weighted by molar-refractivity contribution is -0.709. The number of hydrogen-bond acceptors (Lipinski definition) is 4. The third-order valence-corrected chi connectivity index (χ3v) is 7.07. The fourth-order valence-electron chi connectivity index (χ4n) is 4.45. The van der Waals surface area contributed by atoms with Gasteiger partial charge in [-0.1, -0.05) is 60.1 Å². The molecule has 2 aromatic heterocycles. The van der Waals surface area contributed by atoms with Gasteiger partial charge in [-0.15, -0.1) is 11.3 Å². The summed E-state index contributed by atoms with van der Waals surface area (Å²) in [5, 5.41) is 11.1. The molecule has 1 atom stereocenters. The molecule has 1 unspecified atom stereocenters. The van der Waals surface area contributed by atoms with Crippen LogP contribution >= 0.6 is 22.9 Å². The molecule has 0 saturated carbocycles. The van der Waals surface area contributed by atoms with Gasteiger partial charge in [-0.05, 0) is 29.7 Å². The Labute approximate surface area is 188 Å². The highest BCUT2D eigenvalue weighted by Gasteiger charge is 2.39. The first-order valence-corrected chi connectivity index (χ1v) is 11.4. The van der Waals surface area contributed by atoms with Gasteiger partial charge in [-0.25, -0.2) is 9.78 Å². The van der Waals surface area contributed by atoms with Crippen LogP contribution in [0.3, 0.4) is 0 Å². The Balaban J connectivity index is 1.72. The molecule has 2 aromatic carbocycles. The van der Waals surface area contributed by atoms with Gasteiger partial charge in [0.1, 0.15) is 6.04 Å². The third kappa shape index (κ3) is 3.36. The van der Waals surface area contributed by atoms with Crippen LogP contribution in [0, 0.1) is 0 Å². The van der Waals surface area contributed by atoms with Crippen LogP contribution in [0.1, 0.15) is 30.1 Å². The van der Waals surface area contributed by atoms with Gasteiger partial charge in [-0.2, -0.15) is 9.13 Å². The van der Waals surface area contributed by atoms with Crippen molar-refractivity contribution >= 4 is 22.9 Å². The minimum atomic E-state index is -0.186. The SMILES string of the molecule is CC[n+]1c(O)c(-c2cccc(-c3ccccc3)c2)c(=O)n2c1CCC2c1cnc(Cl)s1. The number of rotatable bonds is 4. The normalized spacial score (nSPS) is 15.2. The fourth-order valence-corrected chi connectivity index (χ4v) is 5.53. The summed E-state index contributed by atoms with van der Waals surface area (Å²) in [4.78, 5) is 18.9. The summed E-state index contributed by atoms with van der Waals surface area (Å²) in [6.45, 7) is 2.55. The minimum Gasteiger partial charge on any atom is -0.477 e. The summed E-state index contributed by atoms with van der Waals surface area (Å²) in [7, 11) is 0. The molecule has 4 aromatic rings. The Kier molecular flexibility index (Phi) is 5.12. The highest BCUT2D eigenvalue weighted by molar-refractivity contribution is 7.15. The van der Waals surface area contributed by atoms with E-state index in [1.54, 1.807) is 6.20 Å². The summed E-state index contributed by atoms with van der Waals surface area (Å²) in [5.41, 5.74) is 2.90. The van der Waals surface area contributed by atoms with E-state index in [1.807, 2.05) is 70.7 Å². The zero-order chi connectivity index (χ0) is 21.5. The first-order chi connectivity index (χ1) is 15.1. The Hall–Kier alpha value is -2.96. The predicted octanol–water partition coefficient (Wildman–Crippen LogP) is 4.84. The van der Waals surface area contributed by atoms with E-state index >= 15 is 0 Å². The summed E-state index contributed by atoms with van der Waals surface area (Å²) in [5.74, 6) is 0.856. The molecule has 0 aliphatic carbocycles. The molecule has 7 heteroatoms. The van der Waals surface area contributed by atoms with Crippen LogP contribution in [0.15, 0.2) is 65.6 Å². The van der Waals surface area contributed by atoms with Crippen molar-refractivity contribution in [3.05, 3.63) is 86.3 Å². The number of thiazole rings is 1. The molecule has 156 valence electrons. The van der Waals surface area contributed by atoms with Gasteiger partial charge in [0.05, 0.1) is 17.8 Å². The van der Waals surface area contributed by atoms with Crippen LogP contribution in [0.4, 0.5) is 0 Å². The fraction of sp³-hybridized carbons (Fsp3) is 0.208. The molecule has 31 heavy (non-hydrogen) atoms. The quantitative estimate of drug-likeness (QED) is 0.452. The van der Waals surface area contributed by atoms with Gasteiger partial charge in [0.15, 0.2) is 10.0 Å². The van der Waals surface area contributed by atoms with Gasteiger partial charge in [-0.3, -0.25) is 0 Å². The molecule has 1 N–H and O–H groups in total. The molecule has 0 radical (unpaired) electrons. The van der Waals surface area contributed by atoms with E-state index in [9.17, 15) is 9.90 Å². The molecule has 5 nitrogen and oxygen atoms in total. The van der Waals surface area contributed by atoms with Crippen molar-refractivity contribution in [2.24, 2.45) is 0 Å². The van der Waals surface area contributed by atoms with E-state index in [2.05, 4.69) is 4.98 Å². The van der Waals surface area contributed by atoms with Gasteiger partial charge in [0, 0.05) is 12.6 Å². The van der Waals surface area contributed by atoms with E-state index < -0.39 is 0 Å². The molecule has 5 rings (SSSR count). The molecular weight excluding hydrogens is 430 g/mol. The van der Waals surface area contributed by atoms with Crippen molar-refractivity contribution in [1.82, 2.24) is 9.55 Å². The molecular formula is C24H21ClN3O2S+. The standard InChI is InChI=1S/C24H20ClN3O2S/c1-2-27-20-12-11-18(19-14-26-24(25)31-19)28(20)23(30)21(22(27)29)17-10-6-9-16(13-17)15-7-4-3-5-8-15/h3-10,13-14,18H,2,11-12H2,1H3/p+1. The molecule has 1 aliphatic rings. The number of aromatic hydroxyl groups is 1. The largest absolute Gasteiger partial charge is 0.477 e. The number of hydrogen-bond donors (Lipinski definition) is 1. The summed E-state index contributed by atoms with van der Waals surface area (Å²) < 4.78 is 4.13. The second kappa shape index (κ2) is 7.94. The van der Waals surface area contributed by atoms with E-state index in [0.717, 1.165) is 28.2 Å². The predicted molar refractivity (Wildman–Crippen MR) is 123 cm³/mol. The van der Waals surface area contributed by atoms with Crippen LogP contribution in [-0.2, 0) is 13.0 Å². The first kappa shape index (κ1) is 20.0. The minimum absolute atomic E-state index is 0.0203. The molecule has 1 aliphatic heterocycles. The Morgan fingerprint density at radius 3 is 2.61 bits per heavy atom. The van der Waals surface area contributed by atoms with Crippen molar-refractivity contribution in [3.8, 4) is 28.1 Å². The average molecular weight is 451 g/mol. The maximum absolute atomic E-state index is 13.7. The van der Waals surface area contributed by atoms with Crippen LogP contribution in [0.25, 0.3) is 22.3 Å². The van der Waals surface area contributed by atoms with E-state index in [0.29, 0.717) is 28.6 Å². The maximum atomic E-state index is 13.7. The van der Waals surface area contributed by atoms with Gasteiger partial charge >= 0.3 is 5.56 Å². The highest BCUT2D eigenvalue weighted by atomic mass is 35.5. The summed E-state index contributed by atoms with van der Waals surface area (Å²) in [6, 6.07) is 17.7. The Morgan fingerprint density at radius 2 is 1.90 bits per heavy atom. The Morgan fingerprint density at radius 1 is 1.16 bits per heavy atom. The lowest BCUT2D eigenvalue weighted by Gasteiger charge is -2.13. The molecule has 0 spiro atoms. The number of aromatic nitrogens is 3. The third-order valence-electron chi connectivity index (χ3n) is 5.85. The monoisotopic (exact) mass is 450 g/mol. The zero-order valence-electron chi connectivity index (χ0n) is 17.0. The molecule has 0 saturated heterocycles. The summed E-state index contributed by atoms with van der Waals surface area (Å²) in [6.07, 6.45) is 3.24. The van der Waals surface area contributed by atoms with Gasteiger partial charge in [0.2, 0.25) is 0 Å². The van der Waals surface area contributed by atoms with E-state index in [4.69, 9.17) is 11.6 Å². The zero-order valence-corrected chi connectivity index (χ0v) is 18.5. The van der Waals surface area contributed by atoms with Crippen LogP contribution in [-0.4, -0.2) is 14.7 Å². The molecule has 0 fully saturated rings. The van der Waals surface area contributed by atoms with E-state index in [-0.39, 0.29) is 17.5 Å². The van der Waals surface area contributed by atoms with Crippen molar-refractivity contribution in [2.45, 2.75) is 32.4 Å². The van der Waals surface area contributed by atoms with Gasteiger partial charge < -0.3 is 5.11 Å². The molecule has 0 amide bonds. The molecule has 0 bridgehead atoms. The smallest absolute Gasteiger partial charge is 0.349 e. The number of fused-ring (bicyclic) bond motifs is 1. The van der Waals surface area contributed by atoms with Crippen LogP contribution in [0.2, 0.25) is 4.47 Å². The van der Waals surface area contributed by atoms with E-state index in [1.165, 1.54) is 11.3 Å². The number of benzene rings is 2. The van der Waals surface area contributed by atoms with Crippen molar-refractivity contribution in [2.75, 3.05) is 0 Å². The summed E-state index contributed by atoms with van der Waals surface area (Å²) >= 11 is 7.47. The highest BCUT2D eigenvalue weighted by Crippen LogP contribution is 2.36. The molecule has 3 heterocycles. The lowest BCUT2D eigenvalue weighted by Crippen LogP contribution is -2.44. The second-order valence-corrected chi connectivity index (χ2v) is 9.20. The van der Waals surface area contributed by atoms with Gasteiger partial charge in [0.25, 0.3) is 11.7 Å².